The molecule has 3 heterocycles. The number of rotatable bonds is 2. The number of nitrogens with zero attached hydrogens (tertiary/aromatic N) is 2. The van der Waals surface area contributed by atoms with E-state index in [1.807, 2.05) is 0 Å². The number of carbonyl (C=O) groups excluding carboxylic acids is 1. The van der Waals surface area contributed by atoms with E-state index >= 15 is 0 Å². The molecule has 1 aliphatic heterocycles. The van der Waals surface area contributed by atoms with Gasteiger partial charge in [-0.05, 0) is 38.0 Å². The molecule has 0 fully saturated rings. The molecule has 24 heavy (non-hydrogen) atoms. The third kappa shape index (κ3) is 2.59. The largest absolute Gasteiger partial charge is 0.350 e. The summed E-state index contributed by atoms with van der Waals surface area (Å²) in [4.78, 5) is 18.1. The van der Waals surface area contributed by atoms with Crippen molar-refractivity contribution in [1.82, 2.24) is 14.7 Å². The number of fused-ring (bicyclic) bond motifs is 3. The predicted molar refractivity (Wildman–Crippen MR) is 97.2 cm³/mol. The van der Waals surface area contributed by atoms with Crippen LogP contribution in [0.1, 0.15) is 70.2 Å². The Labute approximate surface area is 147 Å². The van der Waals surface area contributed by atoms with Gasteiger partial charge in [0.2, 0.25) is 5.91 Å². The SMILES string of the molecule is CC1=C(C[C@@H]2CC(=O)NCc3nc4sccn4c32)C(C)(C)CCC1. The summed E-state index contributed by atoms with van der Waals surface area (Å²) in [6.07, 6.45) is 7.35. The highest BCUT2D eigenvalue weighted by Crippen LogP contribution is 2.46. The summed E-state index contributed by atoms with van der Waals surface area (Å²) in [5.74, 6) is 0.364. The Morgan fingerprint density at radius 2 is 2.29 bits per heavy atom. The van der Waals surface area contributed by atoms with Crippen molar-refractivity contribution in [3.63, 3.8) is 0 Å². The van der Waals surface area contributed by atoms with Gasteiger partial charge >= 0.3 is 0 Å². The fourth-order valence-corrected chi connectivity index (χ4v) is 5.27. The van der Waals surface area contributed by atoms with Crippen molar-refractivity contribution in [2.75, 3.05) is 0 Å². The van der Waals surface area contributed by atoms with Crippen molar-refractivity contribution in [1.29, 1.82) is 0 Å². The van der Waals surface area contributed by atoms with Crippen molar-refractivity contribution in [2.45, 2.75) is 65.3 Å². The van der Waals surface area contributed by atoms with Crippen LogP contribution in [0.4, 0.5) is 0 Å². The molecule has 1 amide bonds. The molecule has 0 saturated heterocycles. The lowest BCUT2D eigenvalue weighted by Crippen LogP contribution is -2.24. The zero-order valence-corrected chi connectivity index (χ0v) is 15.5. The summed E-state index contributed by atoms with van der Waals surface area (Å²) in [5.41, 5.74) is 5.62. The van der Waals surface area contributed by atoms with E-state index in [9.17, 15) is 4.79 Å². The Balaban J connectivity index is 1.78. The number of hydrogen-bond donors (Lipinski definition) is 1. The molecule has 128 valence electrons. The van der Waals surface area contributed by atoms with Crippen LogP contribution in [-0.2, 0) is 11.3 Å². The van der Waals surface area contributed by atoms with E-state index in [-0.39, 0.29) is 17.2 Å². The van der Waals surface area contributed by atoms with Crippen LogP contribution in [0.5, 0.6) is 0 Å². The first kappa shape index (κ1) is 15.9. The van der Waals surface area contributed by atoms with Gasteiger partial charge in [0.15, 0.2) is 4.96 Å². The van der Waals surface area contributed by atoms with Gasteiger partial charge in [-0.2, -0.15) is 0 Å². The van der Waals surface area contributed by atoms with E-state index in [2.05, 4.69) is 42.1 Å². The second-order valence-electron chi connectivity index (χ2n) is 7.88. The minimum atomic E-state index is 0.147. The second-order valence-corrected chi connectivity index (χ2v) is 8.75. The lowest BCUT2D eigenvalue weighted by Gasteiger charge is -2.36. The van der Waals surface area contributed by atoms with Gasteiger partial charge in [-0.25, -0.2) is 4.98 Å². The molecular weight excluding hydrogens is 318 g/mol. The van der Waals surface area contributed by atoms with Gasteiger partial charge in [0, 0.05) is 23.9 Å². The number of carbonyl (C=O) groups is 1. The number of amides is 1. The Hall–Kier alpha value is -1.62. The lowest BCUT2D eigenvalue weighted by molar-refractivity contribution is -0.121. The molecule has 0 unspecified atom stereocenters. The van der Waals surface area contributed by atoms with Crippen LogP contribution in [0.2, 0.25) is 0 Å². The molecule has 1 N–H and O–H groups in total. The quantitative estimate of drug-likeness (QED) is 0.821. The third-order valence-electron chi connectivity index (χ3n) is 5.78. The molecule has 0 bridgehead atoms. The first-order chi connectivity index (χ1) is 11.5. The predicted octanol–water partition coefficient (Wildman–Crippen LogP) is 4.42. The monoisotopic (exact) mass is 343 g/mol. The summed E-state index contributed by atoms with van der Waals surface area (Å²) in [5, 5.41) is 5.10. The first-order valence-corrected chi connectivity index (χ1v) is 9.74. The molecule has 0 aromatic carbocycles. The summed E-state index contributed by atoms with van der Waals surface area (Å²) in [6, 6.07) is 0. The molecule has 0 saturated carbocycles. The Kier molecular flexibility index (Phi) is 3.79. The van der Waals surface area contributed by atoms with Crippen LogP contribution < -0.4 is 5.32 Å². The summed E-state index contributed by atoms with van der Waals surface area (Å²) in [7, 11) is 0. The van der Waals surface area contributed by atoms with E-state index in [4.69, 9.17) is 4.98 Å². The number of allylic oxidation sites excluding steroid dienone is 2. The van der Waals surface area contributed by atoms with E-state index in [0.717, 1.165) is 17.1 Å². The average Bonchev–Trinajstić information content (AvgIpc) is 3.04. The lowest BCUT2D eigenvalue weighted by atomic mass is 9.69. The van der Waals surface area contributed by atoms with Crippen molar-refractivity contribution < 1.29 is 4.79 Å². The van der Waals surface area contributed by atoms with Gasteiger partial charge in [-0.1, -0.05) is 25.0 Å². The van der Waals surface area contributed by atoms with Gasteiger partial charge in [0.05, 0.1) is 17.9 Å². The highest BCUT2D eigenvalue weighted by atomic mass is 32.1. The van der Waals surface area contributed by atoms with Crippen LogP contribution in [0, 0.1) is 5.41 Å². The molecule has 0 spiro atoms. The molecule has 5 heteroatoms. The fraction of sp³-hybridized carbons (Fsp3) is 0.579. The molecule has 2 aromatic heterocycles. The van der Waals surface area contributed by atoms with Crippen LogP contribution in [0.15, 0.2) is 22.7 Å². The molecule has 2 aromatic rings. The summed E-state index contributed by atoms with van der Waals surface area (Å²) >= 11 is 1.66. The fourth-order valence-electron chi connectivity index (χ4n) is 4.53. The van der Waals surface area contributed by atoms with E-state index in [1.54, 1.807) is 16.9 Å². The van der Waals surface area contributed by atoms with Gasteiger partial charge in [-0.3, -0.25) is 9.20 Å². The van der Waals surface area contributed by atoms with Crippen molar-refractivity contribution in [2.24, 2.45) is 5.41 Å². The van der Waals surface area contributed by atoms with Gasteiger partial charge in [0.1, 0.15) is 0 Å². The highest BCUT2D eigenvalue weighted by molar-refractivity contribution is 7.15. The number of thiazole rings is 1. The Morgan fingerprint density at radius 1 is 1.46 bits per heavy atom. The average molecular weight is 343 g/mol. The van der Waals surface area contributed by atoms with Crippen LogP contribution >= 0.6 is 11.3 Å². The maximum Gasteiger partial charge on any atom is 0.221 e. The van der Waals surface area contributed by atoms with E-state index in [0.29, 0.717) is 13.0 Å². The summed E-state index contributed by atoms with van der Waals surface area (Å²) < 4.78 is 2.21. The smallest absolute Gasteiger partial charge is 0.221 e. The molecule has 1 atom stereocenters. The molecule has 4 rings (SSSR count). The number of nitrogens with one attached hydrogen (secondary N) is 1. The number of hydrogen-bond acceptors (Lipinski definition) is 3. The number of aromatic nitrogens is 2. The van der Waals surface area contributed by atoms with Gasteiger partial charge in [-0.15, -0.1) is 11.3 Å². The maximum absolute atomic E-state index is 12.3. The molecular formula is C19H25N3OS. The number of imidazole rings is 1. The zero-order valence-electron chi connectivity index (χ0n) is 14.7. The first-order valence-electron chi connectivity index (χ1n) is 8.86. The molecule has 1 aliphatic carbocycles. The topological polar surface area (TPSA) is 46.4 Å². The van der Waals surface area contributed by atoms with Gasteiger partial charge < -0.3 is 5.32 Å². The van der Waals surface area contributed by atoms with Crippen molar-refractivity contribution in [3.8, 4) is 0 Å². The highest BCUT2D eigenvalue weighted by Gasteiger charge is 2.34. The molecule has 2 aliphatic rings. The van der Waals surface area contributed by atoms with Crippen molar-refractivity contribution >= 4 is 22.2 Å². The second kappa shape index (κ2) is 5.73. The Bertz CT molecular complexity index is 827. The third-order valence-corrected chi connectivity index (χ3v) is 6.54. The standard InChI is InChI=1S/C19H25N3OS/c1-12-5-4-6-19(2,3)14(12)9-13-10-16(23)20-11-15-17(13)22-7-8-24-18(22)21-15/h7-8,13H,4-6,9-11H2,1-3H3,(H,20,23)/t13-/m1/s1. The molecule has 0 radical (unpaired) electrons. The maximum atomic E-state index is 12.3. The molecule has 4 nitrogen and oxygen atoms in total. The van der Waals surface area contributed by atoms with Gasteiger partial charge in [0.25, 0.3) is 0 Å². The summed E-state index contributed by atoms with van der Waals surface area (Å²) in [6.45, 7) is 7.56. The van der Waals surface area contributed by atoms with Crippen LogP contribution in [0.25, 0.3) is 4.96 Å². The van der Waals surface area contributed by atoms with E-state index < -0.39 is 0 Å². The zero-order chi connectivity index (χ0) is 16.9. The Morgan fingerprint density at radius 3 is 3.08 bits per heavy atom. The van der Waals surface area contributed by atoms with Crippen LogP contribution in [0.3, 0.4) is 0 Å². The van der Waals surface area contributed by atoms with Crippen molar-refractivity contribution in [3.05, 3.63) is 34.1 Å². The minimum absolute atomic E-state index is 0.147. The van der Waals surface area contributed by atoms with E-state index in [1.165, 1.54) is 30.5 Å². The normalized spacial score (nSPS) is 24.0. The minimum Gasteiger partial charge on any atom is -0.350 e. The van der Waals surface area contributed by atoms with Crippen LogP contribution in [-0.4, -0.2) is 15.3 Å².